The van der Waals surface area contributed by atoms with E-state index in [9.17, 15) is 22.8 Å². The minimum Gasteiger partial charge on any atom is -0.497 e. The molecule has 3 amide bonds. The van der Waals surface area contributed by atoms with Crippen molar-refractivity contribution in [1.82, 2.24) is 10.3 Å². The largest absolute Gasteiger partial charge is 0.497 e. The summed E-state index contributed by atoms with van der Waals surface area (Å²) in [7, 11) is 1.55. The van der Waals surface area contributed by atoms with Gasteiger partial charge in [-0.3, -0.25) is 9.78 Å². The number of hydrogen-bond acceptors (Lipinski definition) is 5. The van der Waals surface area contributed by atoms with Crippen LogP contribution < -0.4 is 15.0 Å². The Morgan fingerprint density at radius 2 is 1.84 bits per heavy atom. The molecule has 1 aromatic heterocycles. The fourth-order valence-corrected chi connectivity index (χ4v) is 4.27. The van der Waals surface area contributed by atoms with Crippen molar-refractivity contribution in [2.75, 3.05) is 12.0 Å². The number of benzene rings is 2. The van der Waals surface area contributed by atoms with Crippen molar-refractivity contribution in [3.05, 3.63) is 60.3 Å². The van der Waals surface area contributed by atoms with Gasteiger partial charge in [-0.25, -0.2) is 9.69 Å². The summed E-state index contributed by atoms with van der Waals surface area (Å²) in [6.45, 7) is 1.82. The molecule has 0 saturated carbocycles. The van der Waals surface area contributed by atoms with Gasteiger partial charge < -0.3 is 10.1 Å². The van der Waals surface area contributed by atoms with Crippen LogP contribution in [0.1, 0.15) is 18.4 Å². The number of alkyl halides is 3. The van der Waals surface area contributed by atoms with Crippen LogP contribution in [0.4, 0.5) is 23.7 Å². The lowest BCUT2D eigenvalue weighted by atomic mass is 9.90. The normalized spacial score (nSPS) is 17.5. The molecule has 3 aromatic rings. The number of carbonyl (C=O) groups is 2. The first-order chi connectivity index (χ1) is 15.2. The number of thioether (sulfide) groups is 1. The van der Waals surface area contributed by atoms with Crippen molar-refractivity contribution < 1.29 is 27.5 Å². The van der Waals surface area contributed by atoms with Gasteiger partial charge in [0.25, 0.3) is 5.91 Å². The van der Waals surface area contributed by atoms with Crippen molar-refractivity contribution in [1.29, 1.82) is 0 Å². The zero-order valence-corrected chi connectivity index (χ0v) is 17.8. The number of nitrogens with one attached hydrogen (secondary N) is 1. The van der Waals surface area contributed by atoms with Crippen LogP contribution in [0.3, 0.4) is 0 Å². The fraction of sp³-hybridized carbons (Fsp3) is 0.227. The Balaban J connectivity index is 1.61. The maximum Gasteiger partial charge on any atom is 0.446 e. The van der Waals surface area contributed by atoms with E-state index in [1.165, 1.54) is 24.3 Å². The van der Waals surface area contributed by atoms with Crippen LogP contribution >= 0.6 is 11.8 Å². The first-order valence-electron chi connectivity index (χ1n) is 9.61. The number of aromatic nitrogens is 1. The number of ether oxygens (including phenoxy) is 1. The van der Waals surface area contributed by atoms with Crippen molar-refractivity contribution in [3.63, 3.8) is 0 Å². The summed E-state index contributed by atoms with van der Waals surface area (Å²) in [5, 5.41) is 3.50. The molecule has 0 spiro atoms. The number of methoxy groups -OCH3 is 1. The Kier molecular flexibility index (Phi) is 5.72. The van der Waals surface area contributed by atoms with Crippen molar-refractivity contribution in [2.24, 2.45) is 0 Å². The van der Waals surface area contributed by atoms with E-state index in [1.807, 2.05) is 19.1 Å². The number of hydrogen-bond donors (Lipinski definition) is 1. The Hall–Kier alpha value is -3.27. The molecule has 4 rings (SSSR count). The zero-order chi connectivity index (χ0) is 23.0. The third-order valence-corrected chi connectivity index (χ3v) is 6.01. The van der Waals surface area contributed by atoms with Gasteiger partial charge in [0.1, 0.15) is 11.8 Å². The van der Waals surface area contributed by atoms with Gasteiger partial charge in [-0.2, -0.15) is 13.2 Å². The van der Waals surface area contributed by atoms with Crippen LogP contribution in [0, 0.1) is 0 Å². The lowest BCUT2D eigenvalue weighted by Crippen LogP contribution is -2.35. The monoisotopic (exact) mass is 461 g/mol. The molecule has 2 aromatic carbocycles. The maximum absolute atomic E-state index is 13.1. The van der Waals surface area contributed by atoms with Crippen LogP contribution in [-0.4, -0.2) is 35.6 Å². The molecule has 2 heterocycles. The fourth-order valence-electron chi connectivity index (χ4n) is 3.73. The number of rotatable bonds is 5. The number of fused-ring (bicyclic) bond motifs is 1. The van der Waals surface area contributed by atoms with Gasteiger partial charge >= 0.3 is 11.5 Å². The molecule has 32 heavy (non-hydrogen) atoms. The number of amides is 3. The van der Waals surface area contributed by atoms with Gasteiger partial charge in [-0.05, 0) is 65.9 Å². The lowest BCUT2D eigenvalue weighted by molar-refractivity contribution is -0.118. The van der Waals surface area contributed by atoms with Gasteiger partial charge in [0, 0.05) is 22.4 Å². The van der Waals surface area contributed by atoms with Crippen LogP contribution in [0.5, 0.6) is 5.75 Å². The number of carbonyl (C=O) groups excluding carboxylic acids is 2. The molecule has 2 unspecified atom stereocenters. The molecule has 0 aliphatic carbocycles. The van der Waals surface area contributed by atoms with Crippen LogP contribution in [0.2, 0.25) is 0 Å². The molecule has 2 atom stereocenters. The third-order valence-electron chi connectivity index (χ3n) is 5.27. The maximum atomic E-state index is 13.1. The second-order valence-corrected chi connectivity index (χ2v) is 8.35. The molecule has 0 radical (unpaired) electrons. The number of halogens is 3. The van der Waals surface area contributed by atoms with Gasteiger partial charge in [-0.15, -0.1) is 0 Å². The van der Waals surface area contributed by atoms with Crippen LogP contribution in [-0.2, 0) is 4.79 Å². The summed E-state index contributed by atoms with van der Waals surface area (Å²) < 4.78 is 42.9. The smallest absolute Gasteiger partial charge is 0.446 e. The standard InChI is InChI=1S/C22H18F3N3O3S/c1-12(16-9-10-26-18-8-5-14(31-2)11-17(16)18)19-20(29)28(21(30)27-19)13-3-6-15(7-4-13)32-22(23,24)25/h3-12,19H,1-2H3,(H,27,30). The van der Waals surface area contributed by atoms with E-state index >= 15 is 0 Å². The SMILES string of the molecule is COc1ccc2nccc(C(C)C3NC(=O)N(c4ccc(SC(F)(F)F)cc4)C3=O)c2c1. The average molecular weight is 461 g/mol. The molecule has 1 fully saturated rings. The first-order valence-corrected chi connectivity index (χ1v) is 10.4. The first kappa shape index (κ1) is 21.9. The summed E-state index contributed by atoms with van der Waals surface area (Å²) in [5.41, 5.74) is -2.68. The van der Waals surface area contributed by atoms with E-state index in [1.54, 1.807) is 25.4 Å². The predicted octanol–water partition coefficient (Wildman–Crippen LogP) is 5.08. The summed E-state index contributed by atoms with van der Waals surface area (Å²) in [4.78, 5) is 31.0. The average Bonchev–Trinajstić information content (AvgIpc) is 3.06. The second kappa shape index (κ2) is 8.34. The van der Waals surface area contributed by atoms with E-state index < -0.39 is 29.4 Å². The summed E-state index contributed by atoms with van der Waals surface area (Å²) in [5.74, 6) is -0.236. The minimum atomic E-state index is -4.42. The number of anilines is 1. The highest BCUT2D eigenvalue weighted by molar-refractivity contribution is 8.00. The van der Waals surface area contributed by atoms with Crippen molar-refractivity contribution in [2.45, 2.75) is 29.3 Å². The lowest BCUT2D eigenvalue weighted by Gasteiger charge is -2.20. The van der Waals surface area contributed by atoms with E-state index in [0.717, 1.165) is 21.4 Å². The quantitative estimate of drug-likeness (QED) is 0.424. The summed E-state index contributed by atoms with van der Waals surface area (Å²) in [6, 6.07) is 10.9. The summed E-state index contributed by atoms with van der Waals surface area (Å²) in [6.07, 6.45) is 1.64. The van der Waals surface area contributed by atoms with E-state index in [0.29, 0.717) is 5.75 Å². The van der Waals surface area contributed by atoms with Crippen LogP contribution in [0.15, 0.2) is 59.6 Å². The third kappa shape index (κ3) is 4.22. The highest BCUT2D eigenvalue weighted by atomic mass is 32.2. The molecule has 1 aliphatic rings. The van der Waals surface area contributed by atoms with Crippen molar-refractivity contribution >= 4 is 40.3 Å². The number of pyridine rings is 1. The molecule has 1 aliphatic heterocycles. The van der Waals surface area contributed by atoms with Gasteiger partial charge in [0.05, 0.1) is 18.3 Å². The number of imide groups is 1. The Morgan fingerprint density at radius 1 is 1.12 bits per heavy atom. The molecular weight excluding hydrogens is 443 g/mol. The number of nitrogens with zero attached hydrogens (tertiary/aromatic N) is 2. The number of urea groups is 1. The van der Waals surface area contributed by atoms with Gasteiger partial charge in [0.15, 0.2) is 0 Å². The minimum absolute atomic E-state index is 0.0320. The molecule has 1 saturated heterocycles. The molecule has 6 nitrogen and oxygen atoms in total. The topological polar surface area (TPSA) is 71.5 Å². The van der Waals surface area contributed by atoms with Gasteiger partial charge in [0.2, 0.25) is 0 Å². The van der Waals surface area contributed by atoms with E-state index in [-0.39, 0.29) is 22.3 Å². The molecule has 1 N–H and O–H groups in total. The molecule has 166 valence electrons. The Bertz CT molecular complexity index is 1180. The zero-order valence-electron chi connectivity index (χ0n) is 17.0. The van der Waals surface area contributed by atoms with E-state index in [2.05, 4.69) is 10.3 Å². The predicted molar refractivity (Wildman–Crippen MR) is 115 cm³/mol. The van der Waals surface area contributed by atoms with Crippen molar-refractivity contribution in [3.8, 4) is 5.75 Å². The second-order valence-electron chi connectivity index (χ2n) is 7.21. The van der Waals surface area contributed by atoms with Crippen LogP contribution in [0.25, 0.3) is 10.9 Å². The summed E-state index contributed by atoms with van der Waals surface area (Å²) >= 11 is -0.260. The molecule has 10 heteroatoms. The van der Waals surface area contributed by atoms with Gasteiger partial charge in [-0.1, -0.05) is 6.92 Å². The molecular formula is C22H18F3N3O3S. The Labute approximate surface area is 185 Å². The molecule has 0 bridgehead atoms. The van der Waals surface area contributed by atoms with E-state index in [4.69, 9.17) is 4.74 Å². The highest BCUT2D eigenvalue weighted by Gasteiger charge is 2.42. The highest BCUT2D eigenvalue weighted by Crippen LogP contribution is 2.38. The Morgan fingerprint density at radius 3 is 2.50 bits per heavy atom.